The van der Waals surface area contributed by atoms with Crippen LogP contribution in [0, 0.1) is 15.9 Å². The highest BCUT2D eigenvalue weighted by atomic mass is 79.9. The zero-order valence-corrected chi connectivity index (χ0v) is 12.7. The van der Waals surface area contributed by atoms with Crippen molar-refractivity contribution in [2.75, 3.05) is 13.7 Å². The number of rotatable bonds is 6. The third kappa shape index (κ3) is 3.24. The molecule has 0 aliphatic carbocycles. The van der Waals surface area contributed by atoms with Crippen LogP contribution in [0.1, 0.15) is 5.82 Å². The maximum atomic E-state index is 13.5. The molecule has 0 spiro atoms. The molecule has 112 valence electrons. The van der Waals surface area contributed by atoms with E-state index in [0.29, 0.717) is 24.3 Å². The first-order chi connectivity index (χ1) is 10.1. The lowest BCUT2D eigenvalue weighted by Crippen LogP contribution is -2.09. The molecule has 0 N–H and O–H groups in total. The van der Waals surface area contributed by atoms with Crippen molar-refractivity contribution in [3.63, 3.8) is 0 Å². The second kappa shape index (κ2) is 6.72. The van der Waals surface area contributed by atoms with E-state index in [4.69, 9.17) is 4.74 Å². The van der Waals surface area contributed by atoms with Gasteiger partial charge in [0.2, 0.25) is 0 Å². The van der Waals surface area contributed by atoms with E-state index >= 15 is 0 Å². The minimum absolute atomic E-state index is 0.0933. The molecule has 9 heteroatoms. The van der Waals surface area contributed by atoms with Gasteiger partial charge in [-0.3, -0.25) is 10.1 Å². The van der Waals surface area contributed by atoms with Crippen molar-refractivity contribution in [3.05, 3.63) is 40.0 Å². The molecule has 0 saturated heterocycles. The van der Waals surface area contributed by atoms with E-state index in [9.17, 15) is 14.5 Å². The molecule has 2 aromatic rings. The Morgan fingerprint density at radius 2 is 2.24 bits per heavy atom. The predicted octanol–water partition coefficient (Wildman–Crippen LogP) is 2.53. The van der Waals surface area contributed by atoms with E-state index in [2.05, 4.69) is 26.1 Å². The van der Waals surface area contributed by atoms with Crippen molar-refractivity contribution >= 4 is 21.6 Å². The van der Waals surface area contributed by atoms with Crippen LogP contribution in [-0.2, 0) is 16.6 Å². The molecule has 1 heterocycles. The summed E-state index contributed by atoms with van der Waals surface area (Å²) in [5.74, 6) is 0.255. The van der Waals surface area contributed by atoms with Gasteiger partial charge in [0.05, 0.1) is 22.4 Å². The van der Waals surface area contributed by atoms with Gasteiger partial charge in [0.25, 0.3) is 5.69 Å². The third-order valence-corrected chi connectivity index (χ3v) is 3.36. The van der Waals surface area contributed by atoms with Gasteiger partial charge in [-0.1, -0.05) is 15.9 Å². The van der Waals surface area contributed by atoms with Crippen LogP contribution in [0.15, 0.2) is 18.2 Å². The number of methoxy groups -OCH3 is 1. The smallest absolute Gasteiger partial charge is 0.280 e. The molecule has 0 amide bonds. The lowest BCUT2D eigenvalue weighted by molar-refractivity contribution is -0.384. The number of halogens is 2. The highest BCUT2D eigenvalue weighted by Crippen LogP contribution is 2.30. The predicted molar refractivity (Wildman–Crippen MR) is 76.6 cm³/mol. The molecule has 21 heavy (non-hydrogen) atoms. The molecule has 0 aliphatic heterocycles. The number of nitro benzene ring substituents is 1. The van der Waals surface area contributed by atoms with Crippen LogP contribution in [0.2, 0.25) is 0 Å². The Balaban J connectivity index is 2.58. The van der Waals surface area contributed by atoms with Crippen molar-refractivity contribution in [2.24, 2.45) is 0 Å². The summed E-state index contributed by atoms with van der Waals surface area (Å²) in [6.07, 6.45) is 0. The lowest BCUT2D eigenvalue weighted by atomic mass is 10.1. The van der Waals surface area contributed by atoms with E-state index in [1.165, 1.54) is 0 Å². The van der Waals surface area contributed by atoms with Crippen molar-refractivity contribution in [2.45, 2.75) is 11.9 Å². The number of nitro groups is 1. The average Bonchev–Trinajstić information content (AvgIpc) is 2.87. The SMILES string of the molecule is COCCn1c(CBr)nnc1-c1cc(F)ccc1[N+](=O)[O-]. The van der Waals surface area contributed by atoms with Crippen molar-refractivity contribution in [1.82, 2.24) is 14.8 Å². The molecule has 0 radical (unpaired) electrons. The standard InChI is InChI=1S/C12H12BrFN4O3/c1-21-5-4-17-11(7-13)15-16-12(17)9-6-8(14)2-3-10(9)18(19)20/h2-3,6H,4-5,7H2,1H3. The molecule has 1 aromatic carbocycles. The summed E-state index contributed by atoms with van der Waals surface area (Å²) in [5, 5.41) is 19.4. The molecular weight excluding hydrogens is 347 g/mol. The first kappa shape index (κ1) is 15.5. The molecule has 1 aromatic heterocycles. The zero-order chi connectivity index (χ0) is 15.4. The quantitative estimate of drug-likeness (QED) is 0.450. The third-order valence-electron chi connectivity index (χ3n) is 2.86. The summed E-state index contributed by atoms with van der Waals surface area (Å²) in [6, 6.07) is 3.25. The lowest BCUT2D eigenvalue weighted by Gasteiger charge is -2.09. The molecule has 0 unspecified atom stereocenters. The van der Waals surface area contributed by atoms with Crippen molar-refractivity contribution in [1.29, 1.82) is 0 Å². The summed E-state index contributed by atoms with van der Waals surface area (Å²) < 4.78 is 20.1. The highest BCUT2D eigenvalue weighted by molar-refractivity contribution is 9.08. The number of aromatic nitrogens is 3. The molecule has 0 aliphatic rings. The highest BCUT2D eigenvalue weighted by Gasteiger charge is 2.22. The van der Waals surface area contributed by atoms with E-state index in [0.717, 1.165) is 18.2 Å². The number of hydrogen-bond donors (Lipinski definition) is 0. The minimum atomic E-state index is -0.572. The van der Waals surface area contributed by atoms with Gasteiger partial charge < -0.3 is 9.30 Å². The minimum Gasteiger partial charge on any atom is -0.383 e. The maximum absolute atomic E-state index is 13.5. The van der Waals surface area contributed by atoms with Gasteiger partial charge in [-0.25, -0.2) is 4.39 Å². The van der Waals surface area contributed by atoms with Crippen molar-refractivity contribution in [3.8, 4) is 11.4 Å². The van der Waals surface area contributed by atoms with Gasteiger partial charge in [0.15, 0.2) is 5.82 Å². The fourth-order valence-corrected chi connectivity index (χ4v) is 2.31. The van der Waals surface area contributed by atoms with E-state index in [1.54, 1.807) is 11.7 Å². The Hall–Kier alpha value is -1.87. The molecule has 7 nitrogen and oxygen atoms in total. The van der Waals surface area contributed by atoms with Crippen LogP contribution in [0.5, 0.6) is 0 Å². The Kier molecular flexibility index (Phi) is 4.97. The largest absolute Gasteiger partial charge is 0.383 e. The number of hydrogen-bond acceptors (Lipinski definition) is 5. The zero-order valence-electron chi connectivity index (χ0n) is 11.1. The fourth-order valence-electron chi connectivity index (χ4n) is 1.90. The summed E-state index contributed by atoms with van der Waals surface area (Å²) in [7, 11) is 1.54. The number of nitrogens with zero attached hydrogens (tertiary/aromatic N) is 4. The molecule has 0 fully saturated rings. The van der Waals surface area contributed by atoms with Crippen molar-refractivity contribution < 1.29 is 14.1 Å². The Morgan fingerprint density at radius 3 is 2.86 bits per heavy atom. The summed E-state index contributed by atoms with van der Waals surface area (Å²) in [4.78, 5) is 10.5. The van der Waals surface area contributed by atoms with Crippen LogP contribution in [0.4, 0.5) is 10.1 Å². The number of benzene rings is 1. The number of alkyl halides is 1. The maximum Gasteiger partial charge on any atom is 0.280 e. The molecule has 0 bridgehead atoms. The second-order valence-corrected chi connectivity index (χ2v) is 4.70. The Bertz CT molecular complexity index is 662. The van der Waals surface area contributed by atoms with Gasteiger partial charge in [0, 0.05) is 19.7 Å². The van der Waals surface area contributed by atoms with Crippen LogP contribution >= 0.6 is 15.9 Å². The first-order valence-electron chi connectivity index (χ1n) is 5.99. The molecule has 2 rings (SSSR count). The van der Waals surface area contributed by atoms with E-state index in [-0.39, 0.29) is 17.1 Å². The summed E-state index contributed by atoms with van der Waals surface area (Å²) in [5.41, 5.74) is -0.126. The van der Waals surface area contributed by atoms with Crippen LogP contribution in [0.25, 0.3) is 11.4 Å². The molecular formula is C12H12BrFN4O3. The second-order valence-electron chi connectivity index (χ2n) is 4.14. The molecule has 0 atom stereocenters. The van der Waals surface area contributed by atoms with Gasteiger partial charge in [-0.15, -0.1) is 10.2 Å². The van der Waals surface area contributed by atoms with Gasteiger partial charge in [0.1, 0.15) is 11.6 Å². The monoisotopic (exact) mass is 358 g/mol. The van der Waals surface area contributed by atoms with E-state index in [1.807, 2.05) is 0 Å². The molecule has 0 saturated carbocycles. The summed E-state index contributed by atoms with van der Waals surface area (Å²) >= 11 is 3.28. The number of ether oxygens (including phenoxy) is 1. The Morgan fingerprint density at radius 1 is 1.48 bits per heavy atom. The van der Waals surface area contributed by atoms with Gasteiger partial charge in [-0.05, 0) is 12.1 Å². The van der Waals surface area contributed by atoms with Crippen LogP contribution < -0.4 is 0 Å². The average molecular weight is 359 g/mol. The Labute approximate surface area is 128 Å². The van der Waals surface area contributed by atoms with Crippen LogP contribution in [-0.4, -0.2) is 33.4 Å². The summed E-state index contributed by atoms with van der Waals surface area (Å²) in [6.45, 7) is 0.793. The van der Waals surface area contributed by atoms with E-state index < -0.39 is 10.7 Å². The topological polar surface area (TPSA) is 83.1 Å². The normalized spacial score (nSPS) is 10.8. The van der Waals surface area contributed by atoms with Gasteiger partial charge in [-0.2, -0.15) is 0 Å². The fraction of sp³-hybridized carbons (Fsp3) is 0.333. The van der Waals surface area contributed by atoms with Gasteiger partial charge >= 0.3 is 0 Å². The first-order valence-corrected chi connectivity index (χ1v) is 7.12. The van der Waals surface area contributed by atoms with Crippen LogP contribution in [0.3, 0.4) is 0 Å².